The molecule has 4 N–H and O–H groups in total. The molecule has 0 fully saturated rings. The van der Waals surface area contributed by atoms with Gasteiger partial charge in [-0.2, -0.15) is 13.2 Å². The van der Waals surface area contributed by atoms with Crippen molar-refractivity contribution in [3.63, 3.8) is 0 Å². The van der Waals surface area contributed by atoms with Crippen molar-refractivity contribution in [1.29, 1.82) is 0 Å². The largest absolute Gasteiger partial charge is 0.507 e. The highest BCUT2D eigenvalue weighted by atomic mass is 19.4. The maximum atomic E-state index is 13.7. The predicted octanol–water partition coefficient (Wildman–Crippen LogP) is 6.41. The van der Waals surface area contributed by atoms with Crippen molar-refractivity contribution in [3.05, 3.63) is 108 Å². The lowest BCUT2D eigenvalue weighted by molar-refractivity contribution is -0.137. The SMILES string of the molecule is Cc1ccc(C(=O)Nc2cc(-n3ccnc3)cc(C(F)(F)F)c2)cc1-c1cc2cnc(N)nc2c(-c2ccccn2)c1O. The van der Waals surface area contributed by atoms with E-state index in [2.05, 4.69) is 25.3 Å². The Kier molecular flexibility index (Phi) is 6.73. The fraction of sp³-hybridized carbons (Fsp3) is 0.0645. The second-order valence-electron chi connectivity index (χ2n) is 9.75. The lowest BCUT2D eigenvalue weighted by atomic mass is 9.92. The summed E-state index contributed by atoms with van der Waals surface area (Å²) in [5.74, 6) is -0.747. The first-order chi connectivity index (χ1) is 20.6. The number of benzene rings is 3. The fourth-order valence-corrected chi connectivity index (χ4v) is 4.80. The number of nitrogens with two attached hydrogens (primary N) is 1. The predicted molar refractivity (Wildman–Crippen MR) is 156 cm³/mol. The Morgan fingerprint density at radius 3 is 2.56 bits per heavy atom. The van der Waals surface area contributed by atoms with Crippen LogP contribution in [0.5, 0.6) is 5.75 Å². The zero-order chi connectivity index (χ0) is 30.3. The van der Waals surface area contributed by atoms with E-state index in [-0.39, 0.29) is 28.6 Å². The van der Waals surface area contributed by atoms with Crippen LogP contribution in [0.2, 0.25) is 0 Å². The molecule has 0 aliphatic heterocycles. The number of phenols is 1. The minimum Gasteiger partial charge on any atom is -0.507 e. The summed E-state index contributed by atoms with van der Waals surface area (Å²) in [7, 11) is 0. The van der Waals surface area contributed by atoms with Crippen molar-refractivity contribution in [1.82, 2.24) is 24.5 Å². The van der Waals surface area contributed by atoms with Crippen molar-refractivity contribution in [2.24, 2.45) is 0 Å². The normalized spacial score (nSPS) is 11.5. The number of carbonyl (C=O) groups excluding carboxylic acids is 1. The number of aryl methyl sites for hydroxylation is 1. The number of alkyl halides is 3. The van der Waals surface area contributed by atoms with Crippen LogP contribution in [0.15, 0.2) is 91.8 Å². The Morgan fingerprint density at radius 1 is 1.00 bits per heavy atom. The number of rotatable bonds is 5. The summed E-state index contributed by atoms with van der Waals surface area (Å²) in [5.41, 5.74) is 8.04. The van der Waals surface area contributed by atoms with Gasteiger partial charge in [-0.15, -0.1) is 0 Å². The van der Waals surface area contributed by atoms with E-state index in [0.717, 1.165) is 17.7 Å². The molecule has 3 aromatic heterocycles. The van der Waals surface area contributed by atoms with E-state index in [1.165, 1.54) is 35.6 Å². The van der Waals surface area contributed by atoms with Gasteiger partial charge < -0.3 is 20.7 Å². The van der Waals surface area contributed by atoms with Gasteiger partial charge in [0.15, 0.2) is 0 Å². The van der Waals surface area contributed by atoms with Gasteiger partial charge in [0.1, 0.15) is 5.75 Å². The summed E-state index contributed by atoms with van der Waals surface area (Å²) in [6, 6.07) is 15.0. The van der Waals surface area contributed by atoms with Crippen LogP contribution in [-0.4, -0.2) is 35.5 Å². The summed E-state index contributed by atoms with van der Waals surface area (Å²) in [5, 5.41) is 14.7. The summed E-state index contributed by atoms with van der Waals surface area (Å²) in [4.78, 5) is 30.1. The average Bonchev–Trinajstić information content (AvgIpc) is 3.53. The van der Waals surface area contributed by atoms with E-state index in [0.29, 0.717) is 33.3 Å². The minimum absolute atomic E-state index is 0.0254. The molecule has 9 nitrogen and oxygen atoms in total. The maximum Gasteiger partial charge on any atom is 0.416 e. The van der Waals surface area contributed by atoms with Gasteiger partial charge in [0.2, 0.25) is 5.95 Å². The lowest BCUT2D eigenvalue weighted by Gasteiger charge is -2.16. The molecule has 1 amide bonds. The van der Waals surface area contributed by atoms with Crippen molar-refractivity contribution in [2.45, 2.75) is 13.1 Å². The molecular formula is C31H22F3N7O2. The number of anilines is 2. The van der Waals surface area contributed by atoms with E-state index in [1.54, 1.807) is 48.7 Å². The number of aromatic nitrogens is 5. The van der Waals surface area contributed by atoms with E-state index in [4.69, 9.17) is 5.73 Å². The van der Waals surface area contributed by atoms with Gasteiger partial charge >= 0.3 is 6.18 Å². The first-order valence-corrected chi connectivity index (χ1v) is 12.9. The van der Waals surface area contributed by atoms with Gasteiger partial charge in [-0.05, 0) is 66.6 Å². The number of hydrogen-bond acceptors (Lipinski definition) is 7. The number of nitrogens with one attached hydrogen (secondary N) is 1. The molecule has 0 saturated heterocycles. The molecule has 0 bridgehead atoms. The number of amides is 1. The summed E-state index contributed by atoms with van der Waals surface area (Å²) in [6.07, 6.45) is 2.78. The van der Waals surface area contributed by atoms with Gasteiger partial charge in [-0.25, -0.2) is 15.0 Å². The third-order valence-corrected chi connectivity index (χ3v) is 6.88. The van der Waals surface area contributed by atoms with Gasteiger partial charge in [0, 0.05) is 52.7 Å². The van der Waals surface area contributed by atoms with E-state index < -0.39 is 17.6 Å². The number of pyridine rings is 1. The number of carbonyl (C=O) groups is 1. The van der Waals surface area contributed by atoms with Crippen LogP contribution in [0.4, 0.5) is 24.8 Å². The molecular weight excluding hydrogens is 559 g/mol. The third kappa shape index (κ3) is 5.33. The summed E-state index contributed by atoms with van der Waals surface area (Å²) in [6.45, 7) is 1.81. The quantitative estimate of drug-likeness (QED) is 0.214. The third-order valence-electron chi connectivity index (χ3n) is 6.88. The molecule has 3 aromatic carbocycles. The molecule has 0 aliphatic carbocycles. The van der Waals surface area contributed by atoms with E-state index >= 15 is 0 Å². The van der Waals surface area contributed by atoms with Crippen LogP contribution in [0.1, 0.15) is 21.5 Å². The van der Waals surface area contributed by atoms with E-state index in [9.17, 15) is 23.1 Å². The molecule has 0 atom stereocenters. The zero-order valence-electron chi connectivity index (χ0n) is 22.5. The zero-order valence-corrected chi connectivity index (χ0v) is 22.5. The highest BCUT2D eigenvalue weighted by Gasteiger charge is 2.31. The Labute approximate surface area is 242 Å². The lowest BCUT2D eigenvalue weighted by Crippen LogP contribution is -2.14. The van der Waals surface area contributed by atoms with Crippen LogP contribution in [-0.2, 0) is 6.18 Å². The minimum atomic E-state index is -4.64. The molecule has 0 unspecified atom stereocenters. The Bertz CT molecular complexity index is 1990. The molecule has 0 radical (unpaired) electrons. The average molecular weight is 582 g/mol. The molecule has 12 heteroatoms. The highest BCUT2D eigenvalue weighted by Crippen LogP contribution is 2.43. The highest BCUT2D eigenvalue weighted by molar-refractivity contribution is 6.06. The first kappa shape index (κ1) is 27.4. The Hall–Kier alpha value is -5.78. The molecule has 0 spiro atoms. The van der Waals surface area contributed by atoms with Gasteiger partial charge in [0.05, 0.1) is 28.7 Å². The molecule has 6 rings (SSSR count). The van der Waals surface area contributed by atoms with Crippen LogP contribution >= 0.6 is 0 Å². The number of nitrogen functional groups attached to an aromatic ring is 1. The number of aromatic hydroxyl groups is 1. The number of fused-ring (bicyclic) bond motifs is 1. The van der Waals surface area contributed by atoms with Gasteiger partial charge in [-0.1, -0.05) is 12.1 Å². The van der Waals surface area contributed by atoms with Crippen LogP contribution in [0.3, 0.4) is 0 Å². The van der Waals surface area contributed by atoms with Gasteiger partial charge in [0.25, 0.3) is 5.91 Å². The van der Waals surface area contributed by atoms with Crippen LogP contribution < -0.4 is 11.1 Å². The number of imidazole rings is 1. The number of hydrogen-bond donors (Lipinski definition) is 3. The fourth-order valence-electron chi connectivity index (χ4n) is 4.80. The summed E-state index contributed by atoms with van der Waals surface area (Å²) >= 11 is 0. The van der Waals surface area contributed by atoms with Crippen LogP contribution in [0.25, 0.3) is 39.0 Å². The number of phenolic OH excluding ortho intramolecular Hbond substituents is 1. The topological polar surface area (TPSA) is 132 Å². The first-order valence-electron chi connectivity index (χ1n) is 12.9. The van der Waals surface area contributed by atoms with Crippen molar-refractivity contribution in [2.75, 3.05) is 11.1 Å². The maximum absolute atomic E-state index is 13.7. The van der Waals surface area contributed by atoms with Gasteiger partial charge in [-0.3, -0.25) is 9.78 Å². The second-order valence-corrected chi connectivity index (χ2v) is 9.75. The molecule has 214 valence electrons. The monoisotopic (exact) mass is 581 g/mol. The molecule has 3 heterocycles. The van der Waals surface area contributed by atoms with Crippen molar-refractivity contribution < 1.29 is 23.1 Å². The standard InChI is InChI=1S/C31H22F3N7O2/c1-17-5-6-18(29(43)39-21-12-20(31(32,33)34)13-22(14-21)41-9-8-36-16-41)10-23(17)24-11-19-15-38-30(35)40-27(19)26(28(24)42)25-4-2-3-7-37-25/h2-16,42H,1H3,(H,39,43)(H2,35,38,40). The van der Waals surface area contributed by atoms with Crippen molar-refractivity contribution >= 4 is 28.4 Å². The smallest absolute Gasteiger partial charge is 0.416 e. The Morgan fingerprint density at radius 2 is 1.84 bits per heavy atom. The molecule has 0 saturated carbocycles. The number of nitrogens with zero attached hydrogens (tertiary/aromatic N) is 5. The molecule has 0 aliphatic rings. The number of halogens is 3. The Balaban J connectivity index is 1.43. The second kappa shape index (κ2) is 10.6. The van der Waals surface area contributed by atoms with Crippen molar-refractivity contribution in [3.8, 4) is 33.8 Å². The molecule has 6 aromatic rings. The summed E-state index contributed by atoms with van der Waals surface area (Å²) < 4.78 is 42.4. The van der Waals surface area contributed by atoms with E-state index in [1.807, 2.05) is 6.92 Å². The molecule has 43 heavy (non-hydrogen) atoms. The van der Waals surface area contributed by atoms with Crippen LogP contribution in [0, 0.1) is 6.92 Å².